The highest BCUT2D eigenvalue weighted by Gasteiger charge is 2.56. The van der Waals surface area contributed by atoms with E-state index in [2.05, 4.69) is 15.9 Å². The van der Waals surface area contributed by atoms with E-state index in [9.17, 15) is 9.59 Å². The predicted molar refractivity (Wildman–Crippen MR) is 74.5 cm³/mol. The van der Waals surface area contributed by atoms with E-state index in [1.165, 1.54) is 0 Å². The Bertz CT molecular complexity index is 573. The fraction of sp³-hybridized carbons (Fsp3) is 0.429. The number of carbonyl (C=O) groups is 2. The standard InChI is InChI=1S/C14H15BrN2O2/c1-7-2-3-9(11(15)4-7)14(19)17-6-8-5-10(8)12(17)13(16)18/h2-4,8,10,12H,5-6H2,1H3,(H2,16,18)/t8-,10-,12+/m1/s1. The van der Waals surface area contributed by atoms with Crippen LogP contribution in [0.4, 0.5) is 0 Å². The molecule has 19 heavy (non-hydrogen) atoms. The minimum absolute atomic E-state index is 0.108. The molecule has 0 bridgehead atoms. The molecule has 1 saturated heterocycles. The molecule has 4 nitrogen and oxygen atoms in total. The molecule has 1 aromatic rings. The van der Waals surface area contributed by atoms with Crippen LogP contribution in [0.25, 0.3) is 0 Å². The lowest BCUT2D eigenvalue weighted by molar-refractivity contribution is -0.122. The van der Waals surface area contributed by atoms with Gasteiger partial charge in [0.05, 0.1) is 5.56 Å². The van der Waals surface area contributed by atoms with Gasteiger partial charge in [0.2, 0.25) is 5.91 Å². The minimum atomic E-state index is -0.425. The van der Waals surface area contributed by atoms with Crippen molar-refractivity contribution in [2.45, 2.75) is 19.4 Å². The summed E-state index contributed by atoms with van der Waals surface area (Å²) in [5, 5.41) is 0. The van der Waals surface area contributed by atoms with Crippen molar-refractivity contribution in [1.82, 2.24) is 4.90 Å². The molecular formula is C14H15BrN2O2. The topological polar surface area (TPSA) is 63.4 Å². The number of nitrogens with zero attached hydrogens (tertiary/aromatic N) is 1. The molecule has 0 unspecified atom stereocenters. The van der Waals surface area contributed by atoms with Crippen LogP contribution < -0.4 is 5.73 Å². The van der Waals surface area contributed by atoms with Gasteiger partial charge in [-0.25, -0.2) is 0 Å². The van der Waals surface area contributed by atoms with Gasteiger partial charge in [0.1, 0.15) is 6.04 Å². The summed E-state index contributed by atoms with van der Waals surface area (Å²) in [5.74, 6) is 0.251. The highest BCUT2D eigenvalue weighted by molar-refractivity contribution is 9.10. The monoisotopic (exact) mass is 322 g/mol. The molecular weight excluding hydrogens is 308 g/mol. The van der Waals surface area contributed by atoms with Crippen LogP contribution in [0.2, 0.25) is 0 Å². The van der Waals surface area contributed by atoms with Crippen molar-refractivity contribution in [2.24, 2.45) is 17.6 Å². The fourth-order valence-electron chi connectivity index (χ4n) is 2.99. The van der Waals surface area contributed by atoms with E-state index < -0.39 is 6.04 Å². The summed E-state index contributed by atoms with van der Waals surface area (Å²) >= 11 is 3.41. The molecule has 2 aliphatic rings. The molecule has 0 spiro atoms. The molecule has 1 aliphatic heterocycles. The maximum absolute atomic E-state index is 12.5. The zero-order chi connectivity index (χ0) is 13.7. The Morgan fingerprint density at radius 3 is 2.79 bits per heavy atom. The Hall–Kier alpha value is -1.36. The summed E-state index contributed by atoms with van der Waals surface area (Å²) in [6, 6.07) is 5.17. The first-order chi connectivity index (χ1) is 8.99. The molecule has 2 amide bonds. The number of hydrogen-bond acceptors (Lipinski definition) is 2. The molecule has 1 saturated carbocycles. The third kappa shape index (κ3) is 2.06. The number of likely N-dealkylation sites (tertiary alicyclic amines) is 1. The number of aryl methyl sites for hydroxylation is 1. The van der Waals surface area contributed by atoms with Crippen LogP contribution in [-0.4, -0.2) is 29.3 Å². The van der Waals surface area contributed by atoms with Crippen molar-refractivity contribution >= 4 is 27.7 Å². The zero-order valence-electron chi connectivity index (χ0n) is 10.6. The Morgan fingerprint density at radius 2 is 2.16 bits per heavy atom. The molecule has 2 fully saturated rings. The van der Waals surface area contributed by atoms with Crippen LogP contribution in [-0.2, 0) is 4.79 Å². The van der Waals surface area contributed by atoms with E-state index in [-0.39, 0.29) is 17.7 Å². The molecule has 3 atom stereocenters. The molecule has 2 N–H and O–H groups in total. The van der Waals surface area contributed by atoms with Gasteiger partial charge >= 0.3 is 0 Å². The largest absolute Gasteiger partial charge is 0.368 e. The van der Waals surface area contributed by atoms with Gasteiger partial charge < -0.3 is 10.6 Å². The van der Waals surface area contributed by atoms with Crippen molar-refractivity contribution in [3.63, 3.8) is 0 Å². The molecule has 1 aromatic carbocycles. The highest BCUT2D eigenvalue weighted by Crippen LogP contribution is 2.49. The van der Waals surface area contributed by atoms with Gasteiger partial charge in [-0.05, 0) is 58.8 Å². The lowest BCUT2D eigenvalue weighted by Crippen LogP contribution is -2.46. The van der Waals surface area contributed by atoms with Crippen LogP contribution in [0, 0.1) is 18.8 Å². The Balaban J connectivity index is 1.89. The highest BCUT2D eigenvalue weighted by atomic mass is 79.9. The van der Waals surface area contributed by atoms with Crippen LogP contribution >= 0.6 is 15.9 Å². The van der Waals surface area contributed by atoms with E-state index in [1.54, 1.807) is 11.0 Å². The van der Waals surface area contributed by atoms with Crippen LogP contribution in [0.5, 0.6) is 0 Å². The quantitative estimate of drug-likeness (QED) is 0.900. The van der Waals surface area contributed by atoms with E-state index in [0.29, 0.717) is 18.0 Å². The SMILES string of the molecule is Cc1ccc(C(=O)N2C[C@H]3C[C@H]3[C@H]2C(N)=O)c(Br)c1. The smallest absolute Gasteiger partial charge is 0.255 e. The summed E-state index contributed by atoms with van der Waals surface area (Å²) in [4.78, 5) is 25.7. The van der Waals surface area contributed by atoms with Crippen molar-refractivity contribution in [3.8, 4) is 0 Å². The van der Waals surface area contributed by atoms with Gasteiger partial charge in [-0.3, -0.25) is 9.59 Å². The summed E-state index contributed by atoms with van der Waals surface area (Å²) in [5.41, 5.74) is 7.12. The first-order valence-electron chi connectivity index (χ1n) is 6.35. The molecule has 1 heterocycles. The van der Waals surface area contributed by atoms with Crippen molar-refractivity contribution < 1.29 is 9.59 Å². The van der Waals surface area contributed by atoms with Gasteiger partial charge in [0, 0.05) is 11.0 Å². The van der Waals surface area contributed by atoms with Crippen molar-refractivity contribution in [3.05, 3.63) is 33.8 Å². The number of rotatable bonds is 2. The molecule has 5 heteroatoms. The number of piperidine rings is 1. The van der Waals surface area contributed by atoms with Crippen LogP contribution in [0.15, 0.2) is 22.7 Å². The lowest BCUT2D eigenvalue weighted by atomic mass is 10.1. The molecule has 100 valence electrons. The number of halogens is 1. The minimum Gasteiger partial charge on any atom is -0.368 e. The van der Waals surface area contributed by atoms with Crippen molar-refractivity contribution in [2.75, 3.05) is 6.54 Å². The van der Waals surface area contributed by atoms with E-state index in [4.69, 9.17) is 5.73 Å². The normalized spacial score (nSPS) is 28.1. The van der Waals surface area contributed by atoms with Gasteiger partial charge in [0.15, 0.2) is 0 Å². The summed E-state index contributed by atoms with van der Waals surface area (Å²) in [6.07, 6.45) is 1.02. The second kappa shape index (κ2) is 4.34. The van der Waals surface area contributed by atoms with Crippen LogP contribution in [0.1, 0.15) is 22.3 Å². The summed E-state index contributed by atoms with van der Waals surface area (Å²) in [7, 11) is 0. The number of benzene rings is 1. The zero-order valence-corrected chi connectivity index (χ0v) is 12.2. The molecule has 0 aromatic heterocycles. The first-order valence-corrected chi connectivity index (χ1v) is 7.15. The fourth-order valence-corrected chi connectivity index (χ4v) is 3.65. The van der Waals surface area contributed by atoms with Gasteiger partial charge in [-0.2, -0.15) is 0 Å². The third-order valence-corrected chi connectivity index (χ3v) is 4.71. The number of hydrogen-bond donors (Lipinski definition) is 1. The van der Waals surface area contributed by atoms with Crippen LogP contribution in [0.3, 0.4) is 0 Å². The number of fused-ring (bicyclic) bond motifs is 1. The van der Waals surface area contributed by atoms with Gasteiger partial charge in [0.25, 0.3) is 5.91 Å². The van der Waals surface area contributed by atoms with Gasteiger partial charge in [-0.15, -0.1) is 0 Å². The first kappa shape index (κ1) is 12.7. The van der Waals surface area contributed by atoms with E-state index in [0.717, 1.165) is 16.5 Å². The second-order valence-corrected chi connectivity index (χ2v) is 6.30. The van der Waals surface area contributed by atoms with E-state index in [1.807, 2.05) is 19.1 Å². The summed E-state index contributed by atoms with van der Waals surface area (Å²) < 4.78 is 0.765. The predicted octanol–water partition coefficient (Wildman–Crippen LogP) is 1.70. The third-order valence-electron chi connectivity index (χ3n) is 4.06. The lowest BCUT2D eigenvalue weighted by Gasteiger charge is -2.25. The maximum Gasteiger partial charge on any atom is 0.255 e. The molecule has 3 rings (SSSR count). The molecule has 1 aliphatic carbocycles. The van der Waals surface area contributed by atoms with E-state index >= 15 is 0 Å². The Labute approximate surface area is 120 Å². The molecule has 0 radical (unpaired) electrons. The number of primary amides is 1. The summed E-state index contributed by atoms with van der Waals surface area (Å²) in [6.45, 7) is 2.62. The average Bonchev–Trinajstić information content (AvgIpc) is 2.98. The average molecular weight is 323 g/mol. The number of nitrogens with two attached hydrogens (primary N) is 1. The van der Waals surface area contributed by atoms with Crippen molar-refractivity contribution in [1.29, 1.82) is 0 Å². The number of carbonyl (C=O) groups excluding carboxylic acids is 2. The second-order valence-electron chi connectivity index (χ2n) is 5.45. The Kier molecular flexibility index (Phi) is 2.89. The number of amides is 2. The maximum atomic E-state index is 12.5. The Morgan fingerprint density at radius 1 is 1.42 bits per heavy atom. The van der Waals surface area contributed by atoms with Gasteiger partial charge in [-0.1, -0.05) is 6.07 Å².